The first-order valence-corrected chi connectivity index (χ1v) is 9.82. The van der Waals surface area contributed by atoms with E-state index >= 15 is 0 Å². The lowest BCUT2D eigenvalue weighted by Crippen LogP contribution is -2.52. The fraction of sp³-hybridized carbons (Fsp3) is 0.571. The highest BCUT2D eigenvalue weighted by Crippen LogP contribution is 2.33. The molecule has 3 heterocycles. The van der Waals surface area contributed by atoms with E-state index in [1.807, 2.05) is 18.3 Å². The number of ether oxygens (including phenoxy) is 1. The molecule has 2 aliphatic heterocycles. The zero-order valence-electron chi connectivity index (χ0n) is 15.7. The van der Waals surface area contributed by atoms with Crippen molar-refractivity contribution in [1.29, 1.82) is 0 Å². The smallest absolute Gasteiger partial charge is 0.227 e. The average Bonchev–Trinajstić information content (AvgIpc) is 2.96. The highest BCUT2D eigenvalue weighted by atomic mass is 16.5. The summed E-state index contributed by atoms with van der Waals surface area (Å²) in [7, 11) is 0. The number of H-pyrrole nitrogens is 1. The van der Waals surface area contributed by atoms with Crippen molar-refractivity contribution in [3.8, 4) is 0 Å². The third-order valence-corrected chi connectivity index (χ3v) is 6.00. The maximum absolute atomic E-state index is 13.0. The Kier molecular flexibility index (Phi) is 5.00. The van der Waals surface area contributed by atoms with Crippen molar-refractivity contribution in [3.05, 3.63) is 36.0 Å². The predicted octanol–water partition coefficient (Wildman–Crippen LogP) is 2.67. The highest BCUT2D eigenvalue weighted by Gasteiger charge is 2.39. The number of carbonyl (C=O) groups is 1. The van der Waals surface area contributed by atoms with Crippen molar-refractivity contribution < 1.29 is 9.53 Å². The third-order valence-electron chi connectivity index (χ3n) is 6.00. The largest absolute Gasteiger partial charge is 0.379 e. The zero-order valence-corrected chi connectivity index (χ0v) is 15.7. The molecule has 2 aliphatic rings. The minimum absolute atomic E-state index is 0.0979. The molecule has 1 aromatic carbocycles. The van der Waals surface area contributed by atoms with Crippen LogP contribution in [0.2, 0.25) is 0 Å². The molecule has 1 N–H and O–H groups in total. The van der Waals surface area contributed by atoms with Crippen LogP contribution in [-0.4, -0.2) is 66.6 Å². The summed E-state index contributed by atoms with van der Waals surface area (Å²) in [5, 5.41) is 1.16. The fourth-order valence-electron chi connectivity index (χ4n) is 4.57. The summed E-state index contributed by atoms with van der Waals surface area (Å²) in [6.07, 6.45) is 4.68. The molecule has 1 atom stereocenters. The van der Waals surface area contributed by atoms with Gasteiger partial charge in [0.2, 0.25) is 5.91 Å². The number of benzene rings is 1. The van der Waals surface area contributed by atoms with Crippen LogP contribution in [0.15, 0.2) is 30.5 Å². The van der Waals surface area contributed by atoms with Crippen LogP contribution < -0.4 is 0 Å². The van der Waals surface area contributed by atoms with E-state index in [1.54, 1.807) is 0 Å². The number of likely N-dealkylation sites (tertiary alicyclic amines) is 1. The van der Waals surface area contributed by atoms with E-state index in [0.29, 0.717) is 6.42 Å². The van der Waals surface area contributed by atoms with Gasteiger partial charge in [0.15, 0.2) is 0 Å². The molecular formula is C21H29N3O2. The SMILES string of the molecule is CCN1CCOCC2(CCCN(C(=O)Cc3c[nH]c4ccccc34)C2)C1. The van der Waals surface area contributed by atoms with E-state index < -0.39 is 0 Å². The Balaban J connectivity index is 1.47. The van der Waals surface area contributed by atoms with Crippen LogP contribution >= 0.6 is 0 Å². The van der Waals surface area contributed by atoms with Crippen LogP contribution in [-0.2, 0) is 16.0 Å². The Morgan fingerprint density at radius 2 is 2.15 bits per heavy atom. The molecule has 1 amide bonds. The van der Waals surface area contributed by atoms with Gasteiger partial charge in [-0.05, 0) is 31.0 Å². The molecule has 0 radical (unpaired) electrons. The van der Waals surface area contributed by atoms with Crippen molar-refractivity contribution in [2.75, 3.05) is 45.9 Å². The number of amides is 1. The molecule has 0 aliphatic carbocycles. The number of para-hydroxylation sites is 1. The Bertz CT molecular complexity index is 771. The van der Waals surface area contributed by atoms with E-state index in [9.17, 15) is 4.79 Å². The first-order valence-electron chi connectivity index (χ1n) is 9.82. The van der Waals surface area contributed by atoms with E-state index in [-0.39, 0.29) is 11.3 Å². The van der Waals surface area contributed by atoms with Crippen molar-refractivity contribution >= 4 is 16.8 Å². The van der Waals surface area contributed by atoms with Gasteiger partial charge in [-0.3, -0.25) is 4.79 Å². The number of carbonyl (C=O) groups excluding carboxylic acids is 1. The summed E-state index contributed by atoms with van der Waals surface area (Å²) in [6, 6.07) is 8.19. The van der Waals surface area contributed by atoms with Gasteiger partial charge in [0.05, 0.1) is 19.6 Å². The topological polar surface area (TPSA) is 48.6 Å². The number of nitrogens with zero attached hydrogens (tertiary/aromatic N) is 2. The zero-order chi connectivity index (χ0) is 18.0. The van der Waals surface area contributed by atoms with E-state index in [4.69, 9.17) is 4.74 Å². The number of nitrogens with one attached hydrogen (secondary N) is 1. The second kappa shape index (κ2) is 7.41. The van der Waals surface area contributed by atoms with Crippen LogP contribution in [0.4, 0.5) is 0 Å². The second-order valence-electron chi connectivity index (χ2n) is 7.88. The Hall–Kier alpha value is -1.85. The first-order chi connectivity index (χ1) is 12.7. The van der Waals surface area contributed by atoms with Crippen LogP contribution in [0, 0.1) is 5.41 Å². The van der Waals surface area contributed by atoms with Gasteiger partial charge in [-0.25, -0.2) is 0 Å². The van der Waals surface area contributed by atoms with Crippen molar-refractivity contribution in [2.24, 2.45) is 5.41 Å². The number of hydrogen-bond acceptors (Lipinski definition) is 3. The summed E-state index contributed by atoms with van der Waals surface area (Å²) in [4.78, 5) is 20.9. The van der Waals surface area contributed by atoms with Crippen LogP contribution in [0.1, 0.15) is 25.3 Å². The molecule has 5 heteroatoms. The molecule has 0 bridgehead atoms. The van der Waals surface area contributed by atoms with E-state index in [1.165, 1.54) is 0 Å². The maximum Gasteiger partial charge on any atom is 0.227 e. The molecule has 2 fully saturated rings. The van der Waals surface area contributed by atoms with Crippen LogP contribution in [0.3, 0.4) is 0 Å². The van der Waals surface area contributed by atoms with Crippen molar-refractivity contribution in [2.45, 2.75) is 26.2 Å². The monoisotopic (exact) mass is 355 g/mol. The molecule has 140 valence electrons. The number of aromatic amines is 1. The summed E-state index contributed by atoms with van der Waals surface area (Å²) < 4.78 is 5.93. The van der Waals surface area contributed by atoms with Crippen LogP contribution in [0.25, 0.3) is 10.9 Å². The number of fused-ring (bicyclic) bond motifs is 1. The lowest BCUT2D eigenvalue weighted by Gasteiger charge is -2.43. The summed E-state index contributed by atoms with van der Waals surface area (Å²) >= 11 is 0. The van der Waals surface area contributed by atoms with Crippen molar-refractivity contribution in [1.82, 2.24) is 14.8 Å². The number of likely N-dealkylation sites (N-methyl/N-ethyl adjacent to an activating group) is 1. The predicted molar refractivity (Wildman–Crippen MR) is 103 cm³/mol. The number of aromatic nitrogens is 1. The van der Waals surface area contributed by atoms with Gasteiger partial charge >= 0.3 is 0 Å². The fourth-order valence-corrected chi connectivity index (χ4v) is 4.57. The van der Waals surface area contributed by atoms with Gasteiger partial charge in [0, 0.05) is 48.7 Å². The van der Waals surface area contributed by atoms with E-state index in [0.717, 1.165) is 75.2 Å². The molecule has 1 unspecified atom stereocenters. The molecule has 0 saturated carbocycles. The lowest BCUT2D eigenvalue weighted by atomic mass is 9.80. The maximum atomic E-state index is 13.0. The lowest BCUT2D eigenvalue weighted by molar-refractivity contribution is -0.135. The summed E-state index contributed by atoms with van der Waals surface area (Å²) in [5.41, 5.74) is 2.29. The van der Waals surface area contributed by atoms with Crippen LogP contribution in [0.5, 0.6) is 0 Å². The second-order valence-corrected chi connectivity index (χ2v) is 7.88. The molecule has 1 spiro atoms. The van der Waals surface area contributed by atoms with Gasteiger partial charge in [0.1, 0.15) is 0 Å². The molecule has 4 rings (SSSR count). The van der Waals surface area contributed by atoms with Crippen molar-refractivity contribution in [3.63, 3.8) is 0 Å². The third kappa shape index (κ3) is 3.51. The molecule has 2 aromatic rings. The quantitative estimate of drug-likeness (QED) is 0.921. The molecule has 1 aromatic heterocycles. The number of piperidine rings is 1. The minimum atomic E-state index is 0.0979. The average molecular weight is 355 g/mol. The number of hydrogen-bond donors (Lipinski definition) is 1. The van der Waals surface area contributed by atoms with Gasteiger partial charge < -0.3 is 19.5 Å². The molecule has 26 heavy (non-hydrogen) atoms. The highest BCUT2D eigenvalue weighted by molar-refractivity contribution is 5.88. The van der Waals surface area contributed by atoms with Gasteiger partial charge in [-0.2, -0.15) is 0 Å². The standard InChI is InChI=1S/C21H29N3O2/c1-2-23-10-11-26-16-21(14-23)8-5-9-24(15-21)20(25)12-17-13-22-19-7-4-3-6-18(17)19/h3-4,6-7,13,22H,2,5,8-12,14-16H2,1H3. The van der Waals surface area contributed by atoms with E-state index in [2.05, 4.69) is 33.8 Å². The van der Waals surface area contributed by atoms with Gasteiger partial charge in [-0.1, -0.05) is 25.1 Å². The Labute approximate surface area is 155 Å². The molecule has 2 saturated heterocycles. The van der Waals surface area contributed by atoms with Gasteiger partial charge in [-0.15, -0.1) is 0 Å². The Morgan fingerprint density at radius 3 is 3.04 bits per heavy atom. The summed E-state index contributed by atoms with van der Waals surface area (Å²) in [6.45, 7) is 8.58. The normalized spacial score (nSPS) is 24.9. The van der Waals surface area contributed by atoms with Gasteiger partial charge in [0.25, 0.3) is 0 Å². The minimum Gasteiger partial charge on any atom is -0.379 e. The molecular weight excluding hydrogens is 326 g/mol. The molecule has 5 nitrogen and oxygen atoms in total. The Morgan fingerprint density at radius 1 is 1.27 bits per heavy atom. The number of rotatable bonds is 3. The summed E-state index contributed by atoms with van der Waals surface area (Å²) in [5.74, 6) is 0.237. The first kappa shape index (κ1) is 17.6.